The van der Waals surface area contributed by atoms with Crippen LogP contribution in [0.4, 0.5) is 0 Å². The number of benzene rings is 1. The van der Waals surface area contributed by atoms with Crippen LogP contribution in [0.15, 0.2) is 29.4 Å². The monoisotopic (exact) mass is 298 g/mol. The van der Waals surface area contributed by atoms with Gasteiger partial charge in [0.05, 0.1) is 4.90 Å². The Labute approximate surface area is 113 Å². The Bertz CT molecular complexity index is 768. The largest absolute Gasteiger partial charge is 0.478 e. The summed E-state index contributed by atoms with van der Waals surface area (Å²) in [6.45, 7) is 0. The van der Waals surface area contributed by atoms with E-state index in [-0.39, 0.29) is 22.2 Å². The van der Waals surface area contributed by atoms with Crippen LogP contribution in [0, 0.1) is 0 Å². The van der Waals surface area contributed by atoms with Gasteiger partial charge in [-0.05, 0) is 18.2 Å². The second-order valence-electron chi connectivity index (χ2n) is 3.81. The lowest BCUT2D eigenvalue weighted by atomic mass is 10.2. The zero-order valence-electron chi connectivity index (χ0n) is 10.2. The van der Waals surface area contributed by atoms with Crippen LogP contribution in [0.5, 0.6) is 11.8 Å². The SMILES string of the molecule is Cn1cnc(Oc2ccc(S(N)(=O)=O)cc2C(=O)O)n1. The average Bonchev–Trinajstić information content (AvgIpc) is 2.73. The summed E-state index contributed by atoms with van der Waals surface area (Å²) in [5.74, 6) is -1.45. The average molecular weight is 298 g/mol. The third kappa shape index (κ3) is 2.92. The van der Waals surface area contributed by atoms with Crippen LogP contribution in [-0.4, -0.2) is 34.3 Å². The van der Waals surface area contributed by atoms with Gasteiger partial charge in [0.15, 0.2) is 0 Å². The summed E-state index contributed by atoms with van der Waals surface area (Å²) in [5, 5.41) is 17.8. The number of carbonyl (C=O) groups is 1. The van der Waals surface area contributed by atoms with Gasteiger partial charge >= 0.3 is 12.0 Å². The van der Waals surface area contributed by atoms with E-state index in [1.54, 1.807) is 7.05 Å². The van der Waals surface area contributed by atoms with Crippen molar-refractivity contribution in [3.63, 3.8) is 0 Å². The minimum absolute atomic E-state index is 0.0571. The number of nitrogens with two attached hydrogens (primary N) is 1. The number of aromatic nitrogens is 3. The Morgan fingerprint density at radius 3 is 2.65 bits per heavy atom. The number of carboxylic acid groups (broad SMARTS) is 1. The molecule has 1 aromatic heterocycles. The molecule has 1 aromatic carbocycles. The molecule has 0 atom stereocenters. The van der Waals surface area contributed by atoms with Crippen LogP contribution in [0.1, 0.15) is 10.4 Å². The molecular weight excluding hydrogens is 288 g/mol. The maximum Gasteiger partial charge on any atom is 0.341 e. The van der Waals surface area contributed by atoms with Crippen molar-refractivity contribution >= 4 is 16.0 Å². The third-order valence-electron chi connectivity index (χ3n) is 2.29. The highest BCUT2D eigenvalue weighted by Crippen LogP contribution is 2.25. The number of aryl methyl sites for hydroxylation is 1. The van der Waals surface area contributed by atoms with E-state index >= 15 is 0 Å². The summed E-state index contributed by atoms with van der Waals surface area (Å²) < 4.78 is 29.0. The van der Waals surface area contributed by atoms with Crippen LogP contribution >= 0.6 is 0 Å². The van der Waals surface area contributed by atoms with Gasteiger partial charge in [-0.15, -0.1) is 5.10 Å². The summed E-state index contributed by atoms with van der Waals surface area (Å²) in [5.41, 5.74) is -0.357. The van der Waals surface area contributed by atoms with Crippen LogP contribution in [0.2, 0.25) is 0 Å². The van der Waals surface area contributed by atoms with E-state index in [4.69, 9.17) is 15.0 Å². The summed E-state index contributed by atoms with van der Waals surface area (Å²) in [7, 11) is -2.39. The van der Waals surface area contributed by atoms with E-state index in [0.717, 1.165) is 12.1 Å². The number of aromatic carboxylic acids is 1. The highest BCUT2D eigenvalue weighted by molar-refractivity contribution is 7.89. The Morgan fingerprint density at radius 2 is 2.15 bits per heavy atom. The normalized spacial score (nSPS) is 11.3. The van der Waals surface area contributed by atoms with E-state index in [0.29, 0.717) is 0 Å². The van der Waals surface area contributed by atoms with Crippen molar-refractivity contribution < 1.29 is 23.1 Å². The maximum atomic E-state index is 11.2. The summed E-state index contributed by atoms with van der Waals surface area (Å²) >= 11 is 0. The molecule has 0 saturated heterocycles. The minimum Gasteiger partial charge on any atom is -0.478 e. The number of hydrogen-bond acceptors (Lipinski definition) is 6. The zero-order valence-corrected chi connectivity index (χ0v) is 11.0. The fraction of sp³-hybridized carbons (Fsp3) is 0.100. The molecule has 3 N–H and O–H groups in total. The molecule has 1 heterocycles. The van der Waals surface area contributed by atoms with Gasteiger partial charge in [0, 0.05) is 7.05 Å². The first-order chi connectivity index (χ1) is 9.27. The van der Waals surface area contributed by atoms with Crippen molar-refractivity contribution in [3.05, 3.63) is 30.1 Å². The van der Waals surface area contributed by atoms with E-state index in [9.17, 15) is 13.2 Å². The fourth-order valence-corrected chi connectivity index (χ4v) is 1.95. The lowest BCUT2D eigenvalue weighted by Crippen LogP contribution is -2.13. The molecule has 0 radical (unpaired) electrons. The van der Waals surface area contributed by atoms with Crippen LogP contribution < -0.4 is 9.88 Å². The van der Waals surface area contributed by atoms with Crippen molar-refractivity contribution in [1.82, 2.24) is 14.8 Å². The molecule has 0 aliphatic rings. The Hall–Kier alpha value is -2.46. The Balaban J connectivity index is 2.45. The number of carboxylic acids is 1. The topological polar surface area (TPSA) is 137 Å². The van der Waals surface area contributed by atoms with Gasteiger partial charge in [-0.25, -0.2) is 18.4 Å². The van der Waals surface area contributed by atoms with Crippen LogP contribution in [-0.2, 0) is 17.1 Å². The molecule has 0 bridgehead atoms. The predicted octanol–water partition coefficient (Wildman–Crippen LogP) is -0.0470. The standard InChI is InChI=1S/C10H10N4O5S/c1-14-5-12-10(13-14)19-8-3-2-6(20(11,17)18)4-7(8)9(15)16/h2-5H,1H3,(H,15,16)(H2,11,17,18). The maximum absolute atomic E-state index is 11.2. The van der Waals surface area contributed by atoms with Gasteiger partial charge in [-0.2, -0.15) is 4.98 Å². The first kappa shape index (κ1) is 14.0. The minimum atomic E-state index is -4.00. The number of rotatable bonds is 4. The van der Waals surface area contributed by atoms with Gasteiger partial charge in [0.1, 0.15) is 17.6 Å². The molecule has 0 saturated carbocycles. The Morgan fingerprint density at radius 1 is 1.45 bits per heavy atom. The third-order valence-corrected chi connectivity index (χ3v) is 3.20. The predicted molar refractivity (Wildman–Crippen MR) is 65.9 cm³/mol. The van der Waals surface area contributed by atoms with Crippen molar-refractivity contribution in [2.24, 2.45) is 12.2 Å². The first-order valence-corrected chi connectivity index (χ1v) is 6.75. The molecule has 0 fully saturated rings. The molecule has 0 aliphatic carbocycles. The van der Waals surface area contributed by atoms with Gasteiger partial charge in [0.2, 0.25) is 10.0 Å². The van der Waals surface area contributed by atoms with Crippen molar-refractivity contribution in [3.8, 4) is 11.8 Å². The highest BCUT2D eigenvalue weighted by atomic mass is 32.2. The van der Waals surface area contributed by atoms with Crippen LogP contribution in [0.3, 0.4) is 0 Å². The second kappa shape index (κ2) is 4.90. The number of primary sulfonamides is 1. The lowest BCUT2D eigenvalue weighted by Gasteiger charge is -2.07. The fourth-order valence-electron chi connectivity index (χ4n) is 1.41. The van der Waals surface area contributed by atoms with E-state index < -0.39 is 16.0 Å². The summed E-state index contributed by atoms with van der Waals surface area (Å²) in [6.07, 6.45) is 1.37. The number of hydrogen-bond donors (Lipinski definition) is 2. The van der Waals surface area contributed by atoms with Gasteiger partial charge in [-0.3, -0.25) is 4.68 Å². The number of ether oxygens (including phenoxy) is 1. The van der Waals surface area contributed by atoms with Crippen molar-refractivity contribution in [1.29, 1.82) is 0 Å². The molecule has 2 rings (SSSR count). The van der Waals surface area contributed by atoms with Gasteiger partial charge in [0.25, 0.3) is 0 Å². The molecule has 0 spiro atoms. The quantitative estimate of drug-likeness (QED) is 0.807. The van der Waals surface area contributed by atoms with Gasteiger partial charge in [-0.1, -0.05) is 0 Å². The molecule has 0 amide bonds. The first-order valence-electron chi connectivity index (χ1n) is 5.21. The highest BCUT2D eigenvalue weighted by Gasteiger charge is 2.18. The van der Waals surface area contributed by atoms with Crippen molar-refractivity contribution in [2.75, 3.05) is 0 Å². The molecule has 20 heavy (non-hydrogen) atoms. The Kier molecular flexibility index (Phi) is 3.42. The summed E-state index contributed by atoms with van der Waals surface area (Å²) in [6, 6.07) is 3.17. The van der Waals surface area contributed by atoms with Crippen molar-refractivity contribution in [2.45, 2.75) is 4.90 Å². The van der Waals surface area contributed by atoms with E-state index in [1.165, 1.54) is 17.1 Å². The molecule has 0 aliphatic heterocycles. The molecule has 9 nitrogen and oxygen atoms in total. The number of nitrogens with zero attached hydrogens (tertiary/aromatic N) is 3. The molecular formula is C10H10N4O5S. The molecule has 2 aromatic rings. The van der Waals surface area contributed by atoms with Crippen LogP contribution in [0.25, 0.3) is 0 Å². The summed E-state index contributed by atoms with van der Waals surface area (Å²) in [4.78, 5) is 14.6. The van der Waals surface area contributed by atoms with Gasteiger partial charge < -0.3 is 9.84 Å². The molecule has 106 valence electrons. The van der Waals surface area contributed by atoms with E-state index in [1.807, 2.05) is 0 Å². The lowest BCUT2D eigenvalue weighted by molar-refractivity contribution is 0.0693. The smallest absolute Gasteiger partial charge is 0.341 e. The number of sulfonamides is 1. The zero-order chi connectivity index (χ0) is 14.9. The van der Waals surface area contributed by atoms with E-state index in [2.05, 4.69) is 10.1 Å². The molecule has 10 heteroatoms. The molecule has 0 unspecified atom stereocenters. The second-order valence-corrected chi connectivity index (χ2v) is 5.37.